The Balaban J connectivity index is 1.90. The molecule has 2 aromatic heterocycles. The molecule has 3 rings (SSSR count). The monoisotopic (exact) mass is 336 g/mol. The van der Waals surface area contributed by atoms with Crippen LogP contribution in [-0.2, 0) is 0 Å². The van der Waals surface area contributed by atoms with Crippen LogP contribution in [0.25, 0.3) is 4.96 Å². The van der Waals surface area contributed by atoms with E-state index in [-0.39, 0.29) is 5.91 Å². The van der Waals surface area contributed by atoms with Crippen molar-refractivity contribution in [2.45, 2.75) is 13.8 Å². The maximum Gasteiger partial charge on any atom is 0.276 e. The van der Waals surface area contributed by atoms with Gasteiger partial charge >= 0.3 is 0 Å². The van der Waals surface area contributed by atoms with Crippen LogP contribution in [-0.4, -0.2) is 27.6 Å². The predicted octanol–water partition coefficient (Wildman–Crippen LogP) is 3.32. The second-order valence-corrected chi connectivity index (χ2v) is 6.30. The molecule has 0 atom stereocenters. The van der Waals surface area contributed by atoms with Gasteiger partial charge in [-0.2, -0.15) is 5.10 Å². The van der Waals surface area contributed by atoms with E-state index < -0.39 is 0 Å². The van der Waals surface area contributed by atoms with Gasteiger partial charge in [0.15, 0.2) is 0 Å². The van der Waals surface area contributed by atoms with Crippen LogP contribution in [0.4, 0.5) is 5.69 Å². The number of ether oxygens (including phenoxy) is 1. The average Bonchev–Trinajstić information content (AvgIpc) is 2.99. The Labute approximate surface area is 135 Å². The summed E-state index contributed by atoms with van der Waals surface area (Å²) in [5.74, 6) is 0.175. The number of rotatable bonds is 3. The summed E-state index contributed by atoms with van der Waals surface area (Å²) in [7, 11) is 1.52. The van der Waals surface area contributed by atoms with E-state index in [9.17, 15) is 4.79 Å². The van der Waals surface area contributed by atoms with Crippen molar-refractivity contribution in [1.29, 1.82) is 0 Å². The quantitative estimate of drug-likeness (QED) is 0.796. The number of hydrogen-bond acceptors (Lipinski definition) is 5. The fraction of sp³-hybridized carbons (Fsp3) is 0.214. The van der Waals surface area contributed by atoms with Gasteiger partial charge in [-0.15, -0.1) is 0 Å². The molecule has 1 N–H and O–H groups in total. The smallest absolute Gasteiger partial charge is 0.276 e. The maximum atomic E-state index is 12.3. The number of carbonyl (C=O) groups is 1. The highest BCUT2D eigenvalue weighted by atomic mass is 35.5. The number of aryl methyl sites for hydroxylation is 2. The molecule has 2 heterocycles. The lowest BCUT2D eigenvalue weighted by molar-refractivity contribution is 0.102. The zero-order valence-corrected chi connectivity index (χ0v) is 13.7. The normalized spacial score (nSPS) is 10.9. The molecule has 3 aromatic rings. The average molecular weight is 337 g/mol. The van der Waals surface area contributed by atoms with Gasteiger partial charge in [-0.1, -0.05) is 22.9 Å². The molecule has 1 amide bonds. The van der Waals surface area contributed by atoms with Gasteiger partial charge in [0.2, 0.25) is 4.96 Å². The minimum absolute atomic E-state index is 0.299. The van der Waals surface area contributed by atoms with E-state index >= 15 is 0 Å². The Hall–Kier alpha value is -2.12. The molecule has 0 aliphatic heterocycles. The fourth-order valence-electron chi connectivity index (χ4n) is 2.03. The van der Waals surface area contributed by atoms with E-state index in [1.165, 1.54) is 18.4 Å². The lowest BCUT2D eigenvalue weighted by Gasteiger charge is -2.11. The lowest BCUT2D eigenvalue weighted by atomic mass is 10.2. The highest BCUT2D eigenvalue weighted by molar-refractivity contribution is 7.16. The molecule has 0 fully saturated rings. The van der Waals surface area contributed by atoms with Gasteiger partial charge in [-0.3, -0.25) is 4.79 Å². The molecule has 6 nitrogen and oxygen atoms in total. The Kier molecular flexibility index (Phi) is 3.76. The van der Waals surface area contributed by atoms with E-state index in [4.69, 9.17) is 16.3 Å². The van der Waals surface area contributed by atoms with E-state index in [1.807, 2.05) is 13.8 Å². The molecule has 0 unspecified atom stereocenters. The Morgan fingerprint density at radius 2 is 2.18 bits per heavy atom. The van der Waals surface area contributed by atoms with Crippen molar-refractivity contribution in [3.8, 4) is 5.75 Å². The molecule has 1 aromatic carbocycles. The highest BCUT2D eigenvalue weighted by Crippen LogP contribution is 2.31. The van der Waals surface area contributed by atoms with Crippen molar-refractivity contribution in [1.82, 2.24) is 14.6 Å². The van der Waals surface area contributed by atoms with Gasteiger partial charge in [-0.25, -0.2) is 9.50 Å². The van der Waals surface area contributed by atoms with Gasteiger partial charge in [0.25, 0.3) is 5.91 Å². The summed E-state index contributed by atoms with van der Waals surface area (Å²) < 4.78 is 6.84. The van der Waals surface area contributed by atoms with Crippen LogP contribution in [0.3, 0.4) is 0 Å². The number of nitrogens with one attached hydrogen (secondary N) is 1. The molecule has 0 bridgehead atoms. The third-order valence-electron chi connectivity index (χ3n) is 3.11. The van der Waals surface area contributed by atoms with Crippen LogP contribution in [0.5, 0.6) is 5.75 Å². The van der Waals surface area contributed by atoms with Gasteiger partial charge in [0.1, 0.15) is 16.5 Å². The number of amides is 1. The fourth-order valence-corrected chi connectivity index (χ4v) is 2.90. The van der Waals surface area contributed by atoms with Crippen LogP contribution in [0, 0.1) is 13.8 Å². The van der Waals surface area contributed by atoms with Crippen molar-refractivity contribution in [3.05, 3.63) is 39.6 Å². The summed E-state index contributed by atoms with van der Waals surface area (Å²) in [6.07, 6.45) is 1.60. The number of methoxy groups -OCH3 is 1. The summed E-state index contributed by atoms with van der Waals surface area (Å²) in [5, 5.41) is 8.50. The van der Waals surface area contributed by atoms with Gasteiger partial charge in [-0.05, 0) is 25.5 Å². The number of anilines is 1. The summed E-state index contributed by atoms with van der Waals surface area (Å²) >= 11 is 7.48. The van der Waals surface area contributed by atoms with E-state index in [0.717, 1.165) is 10.6 Å². The first-order valence-corrected chi connectivity index (χ1v) is 7.65. The highest BCUT2D eigenvalue weighted by Gasteiger charge is 2.16. The van der Waals surface area contributed by atoms with Crippen molar-refractivity contribution in [3.63, 3.8) is 0 Å². The predicted molar refractivity (Wildman–Crippen MR) is 86.3 cm³/mol. The molecule has 0 aliphatic rings. The van der Waals surface area contributed by atoms with Crippen LogP contribution >= 0.6 is 22.9 Å². The number of aromatic nitrogens is 3. The van der Waals surface area contributed by atoms with Crippen LogP contribution in [0.2, 0.25) is 5.02 Å². The van der Waals surface area contributed by atoms with E-state index in [1.54, 1.807) is 22.8 Å². The number of halogens is 1. The van der Waals surface area contributed by atoms with Crippen molar-refractivity contribution in [2.24, 2.45) is 0 Å². The first-order valence-electron chi connectivity index (χ1n) is 6.46. The first-order chi connectivity index (χ1) is 10.5. The largest absolute Gasteiger partial charge is 0.495 e. The number of fused-ring (bicyclic) bond motifs is 1. The Morgan fingerprint density at radius 3 is 2.86 bits per heavy atom. The molecule has 0 saturated heterocycles. The van der Waals surface area contributed by atoms with Gasteiger partial charge in [0, 0.05) is 11.1 Å². The molecular formula is C14H13ClN4O2S. The van der Waals surface area contributed by atoms with Crippen LogP contribution in [0.15, 0.2) is 18.3 Å². The van der Waals surface area contributed by atoms with Crippen molar-refractivity contribution >= 4 is 39.5 Å². The number of imidazole rings is 1. The molecule has 114 valence electrons. The standard InChI is InChI=1S/C14H13ClN4O2S/c1-7-4-10(12(21-3)5-9(7)15)16-13(20)11-6-19-14(17-11)22-8(2)18-19/h4-6H,1-3H3,(H,16,20). The van der Waals surface area contributed by atoms with Gasteiger partial charge < -0.3 is 10.1 Å². The minimum Gasteiger partial charge on any atom is -0.495 e. The molecular weight excluding hydrogens is 324 g/mol. The second-order valence-electron chi connectivity index (χ2n) is 4.73. The number of hydrogen-bond donors (Lipinski definition) is 1. The van der Waals surface area contributed by atoms with Gasteiger partial charge in [0.05, 0.1) is 19.0 Å². The summed E-state index contributed by atoms with van der Waals surface area (Å²) in [4.78, 5) is 17.3. The molecule has 0 radical (unpaired) electrons. The number of benzene rings is 1. The minimum atomic E-state index is -0.324. The van der Waals surface area contributed by atoms with Crippen molar-refractivity contribution < 1.29 is 9.53 Å². The molecule has 22 heavy (non-hydrogen) atoms. The molecule has 0 saturated carbocycles. The second kappa shape index (κ2) is 5.58. The zero-order valence-electron chi connectivity index (χ0n) is 12.2. The SMILES string of the molecule is COc1cc(Cl)c(C)cc1NC(=O)c1cn2nc(C)sc2n1. The van der Waals surface area contributed by atoms with Crippen LogP contribution in [0.1, 0.15) is 21.1 Å². The maximum absolute atomic E-state index is 12.3. The topological polar surface area (TPSA) is 68.5 Å². The Morgan fingerprint density at radius 1 is 1.41 bits per heavy atom. The first kappa shape index (κ1) is 14.8. The molecule has 0 spiro atoms. The summed E-state index contributed by atoms with van der Waals surface area (Å²) in [6, 6.07) is 3.43. The number of nitrogens with zero attached hydrogens (tertiary/aromatic N) is 3. The summed E-state index contributed by atoms with van der Waals surface area (Å²) in [5.41, 5.74) is 1.70. The Bertz CT molecular complexity index is 840. The summed E-state index contributed by atoms with van der Waals surface area (Å²) in [6.45, 7) is 3.75. The third-order valence-corrected chi connectivity index (χ3v) is 4.35. The van der Waals surface area contributed by atoms with Crippen LogP contribution < -0.4 is 10.1 Å². The van der Waals surface area contributed by atoms with E-state index in [0.29, 0.717) is 27.1 Å². The van der Waals surface area contributed by atoms with E-state index in [2.05, 4.69) is 15.4 Å². The number of carbonyl (C=O) groups excluding carboxylic acids is 1. The molecule has 0 aliphatic carbocycles. The molecule has 8 heteroatoms. The zero-order chi connectivity index (χ0) is 15.9. The lowest BCUT2D eigenvalue weighted by Crippen LogP contribution is -2.13. The van der Waals surface area contributed by atoms with Crippen molar-refractivity contribution in [2.75, 3.05) is 12.4 Å². The third kappa shape index (κ3) is 2.65.